The summed E-state index contributed by atoms with van der Waals surface area (Å²) < 4.78 is 0. The van der Waals surface area contributed by atoms with Crippen molar-refractivity contribution in [1.82, 2.24) is 4.90 Å². The number of amides is 1. The van der Waals surface area contributed by atoms with Crippen molar-refractivity contribution in [2.75, 3.05) is 24.3 Å². The minimum atomic E-state index is 0.268. The van der Waals surface area contributed by atoms with E-state index in [1.54, 1.807) is 23.1 Å². The quantitative estimate of drug-likeness (QED) is 0.774. The minimum absolute atomic E-state index is 0.268. The van der Waals surface area contributed by atoms with Crippen molar-refractivity contribution in [3.8, 4) is 0 Å². The van der Waals surface area contributed by atoms with Crippen LogP contribution in [0.5, 0.6) is 0 Å². The van der Waals surface area contributed by atoms with Crippen molar-refractivity contribution in [3.05, 3.63) is 21.9 Å². The zero-order valence-corrected chi connectivity index (χ0v) is 12.6. The molecule has 0 spiro atoms. The molecule has 1 aliphatic rings. The van der Waals surface area contributed by atoms with Crippen molar-refractivity contribution in [2.24, 2.45) is 0 Å². The Morgan fingerprint density at radius 3 is 3.06 bits per heavy atom. The first-order valence-corrected chi connectivity index (χ1v) is 9.00. The van der Waals surface area contributed by atoms with E-state index < -0.39 is 0 Å². The SMILES string of the molecule is CSCCCN1C(=O)CSC1c1sccc1C. The number of rotatable bonds is 5. The van der Waals surface area contributed by atoms with E-state index in [-0.39, 0.29) is 5.37 Å². The molecular formula is C12H17NOS3. The normalized spacial score (nSPS) is 20.2. The van der Waals surface area contributed by atoms with Gasteiger partial charge in [0.25, 0.3) is 0 Å². The third kappa shape index (κ3) is 3.01. The molecule has 5 heteroatoms. The van der Waals surface area contributed by atoms with E-state index in [1.165, 1.54) is 10.4 Å². The van der Waals surface area contributed by atoms with E-state index in [0.29, 0.717) is 11.7 Å². The molecule has 94 valence electrons. The van der Waals surface area contributed by atoms with Crippen LogP contribution in [0.4, 0.5) is 0 Å². The summed E-state index contributed by atoms with van der Waals surface area (Å²) in [4.78, 5) is 15.3. The highest BCUT2D eigenvalue weighted by molar-refractivity contribution is 8.00. The molecule has 1 fully saturated rings. The molecule has 2 nitrogen and oxygen atoms in total. The third-order valence-corrected chi connectivity index (χ3v) is 5.98. The van der Waals surface area contributed by atoms with Gasteiger partial charge in [-0.1, -0.05) is 0 Å². The molecule has 1 amide bonds. The fourth-order valence-electron chi connectivity index (χ4n) is 1.93. The zero-order valence-electron chi connectivity index (χ0n) is 10.1. The van der Waals surface area contributed by atoms with Crippen molar-refractivity contribution in [3.63, 3.8) is 0 Å². The summed E-state index contributed by atoms with van der Waals surface area (Å²) >= 11 is 5.39. The van der Waals surface area contributed by atoms with E-state index in [9.17, 15) is 4.79 Å². The van der Waals surface area contributed by atoms with E-state index in [2.05, 4.69) is 29.5 Å². The van der Waals surface area contributed by atoms with E-state index >= 15 is 0 Å². The van der Waals surface area contributed by atoms with Gasteiger partial charge >= 0.3 is 0 Å². The summed E-state index contributed by atoms with van der Waals surface area (Å²) in [7, 11) is 0. The summed E-state index contributed by atoms with van der Waals surface area (Å²) in [6.07, 6.45) is 3.20. The molecule has 0 aliphatic carbocycles. The number of hydrogen-bond acceptors (Lipinski definition) is 4. The van der Waals surface area contributed by atoms with Gasteiger partial charge in [-0.05, 0) is 42.4 Å². The third-order valence-electron chi connectivity index (χ3n) is 2.84. The second-order valence-corrected chi connectivity index (χ2v) is 7.07. The Balaban J connectivity index is 2.06. The molecule has 2 rings (SSSR count). The van der Waals surface area contributed by atoms with Crippen molar-refractivity contribution < 1.29 is 4.79 Å². The van der Waals surface area contributed by atoms with Crippen molar-refractivity contribution >= 4 is 40.8 Å². The van der Waals surface area contributed by atoms with Crippen LogP contribution in [-0.4, -0.2) is 35.1 Å². The molecule has 0 N–H and O–H groups in total. The Bertz CT molecular complexity index is 391. The van der Waals surface area contributed by atoms with Crippen LogP contribution in [0.3, 0.4) is 0 Å². The Kier molecular flexibility index (Phi) is 4.82. The molecule has 1 aromatic rings. The van der Waals surface area contributed by atoms with Gasteiger partial charge in [-0.25, -0.2) is 0 Å². The standard InChI is InChI=1S/C12H17NOS3/c1-9-4-7-16-11(9)12-13(5-3-6-15-2)10(14)8-17-12/h4,7,12H,3,5-6,8H2,1-2H3. The van der Waals surface area contributed by atoms with Gasteiger partial charge in [0.05, 0.1) is 5.75 Å². The second-order valence-electron chi connectivity index (χ2n) is 4.06. The summed E-state index contributed by atoms with van der Waals surface area (Å²) in [6, 6.07) is 2.14. The lowest BCUT2D eigenvalue weighted by atomic mass is 10.2. The highest BCUT2D eigenvalue weighted by atomic mass is 32.2. The average Bonchev–Trinajstić information content (AvgIpc) is 2.87. The fraction of sp³-hybridized carbons (Fsp3) is 0.583. The van der Waals surface area contributed by atoms with Gasteiger partial charge < -0.3 is 4.90 Å². The maximum atomic E-state index is 11.9. The minimum Gasteiger partial charge on any atom is -0.325 e. The molecule has 1 aromatic heterocycles. The number of nitrogens with zero attached hydrogens (tertiary/aromatic N) is 1. The van der Waals surface area contributed by atoms with Gasteiger partial charge in [-0.2, -0.15) is 11.8 Å². The summed E-state index contributed by atoms with van der Waals surface area (Å²) in [5.41, 5.74) is 1.32. The largest absolute Gasteiger partial charge is 0.325 e. The lowest BCUT2D eigenvalue weighted by molar-refractivity contribution is -0.128. The van der Waals surface area contributed by atoms with Crippen LogP contribution < -0.4 is 0 Å². The number of thioether (sulfide) groups is 2. The molecule has 1 atom stereocenters. The van der Waals surface area contributed by atoms with E-state index in [4.69, 9.17) is 0 Å². The molecule has 0 bridgehead atoms. The van der Waals surface area contributed by atoms with E-state index in [1.807, 2.05) is 11.8 Å². The topological polar surface area (TPSA) is 20.3 Å². The summed E-state index contributed by atoms with van der Waals surface area (Å²) in [5, 5.41) is 2.39. The van der Waals surface area contributed by atoms with Gasteiger partial charge in [0.2, 0.25) is 5.91 Å². The smallest absolute Gasteiger partial charge is 0.233 e. The van der Waals surface area contributed by atoms with Gasteiger partial charge in [0.1, 0.15) is 5.37 Å². The number of thiophene rings is 1. The van der Waals surface area contributed by atoms with Crippen LogP contribution in [0.25, 0.3) is 0 Å². The van der Waals surface area contributed by atoms with Gasteiger partial charge in [-0.3, -0.25) is 4.79 Å². The van der Waals surface area contributed by atoms with E-state index in [0.717, 1.165) is 18.7 Å². The van der Waals surface area contributed by atoms with Crippen molar-refractivity contribution in [1.29, 1.82) is 0 Å². The Morgan fingerprint density at radius 2 is 2.41 bits per heavy atom. The maximum Gasteiger partial charge on any atom is 0.233 e. The molecular weight excluding hydrogens is 270 g/mol. The second kappa shape index (κ2) is 6.16. The monoisotopic (exact) mass is 287 g/mol. The molecule has 2 heterocycles. The molecule has 1 saturated heterocycles. The molecule has 1 unspecified atom stereocenters. The van der Waals surface area contributed by atoms with Gasteiger partial charge in [-0.15, -0.1) is 23.1 Å². The lowest BCUT2D eigenvalue weighted by Gasteiger charge is -2.23. The summed E-state index contributed by atoms with van der Waals surface area (Å²) in [6.45, 7) is 3.03. The first-order valence-electron chi connectivity index (χ1n) is 5.68. The van der Waals surface area contributed by atoms with Crippen LogP contribution in [-0.2, 0) is 4.79 Å². The number of carbonyl (C=O) groups is 1. The zero-order chi connectivity index (χ0) is 12.3. The van der Waals surface area contributed by atoms with Gasteiger partial charge in [0, 0.05) is 11.4 Å². The van der Waals surface area contributed by atoms with Crippen LogP contribution in [0.2, 0.25) is 0 Å². The Labute approximate surface area is 115 Å². The van der Waals surface area contributed by atoms with Crippen LogP contribution >= 0.6 is 34.9 Å². The molecule has 0 saturated carbocycles. The number of hydrogen-bond donors (Lipinski definition) is 0. The first kappa shape index (κ1) is 13.3. The maximum absolute atomic E-state index is 11.9. The summed E-state index contributed by atoms with van der Waals surface area (Å²) in [5.74, 6) is 2.07. The average molecular weight is 287 g/mol. The van der Waals surface area contributed by atoms with Gasteiger partial charge in [0.15, 0.2) is 0 Å². The highest BCUT2D eigenvalue weighted by Gasteiger charge is 2.33. The van der Waals surface area contributed by atoms with Crippen LogP contribution in [0.15, 0.2) is 11.4 Å². The predicted octanol–water partition coefficient (Wildman–Crippen LogP) is 3.38. The number of aryl methyl sites for hydroxylation is 1. The molecule has 1 aliphatic heterocycles. The Hall–Kier alpha value is -0.130. The fourth-order valence-corrected chi connectivity index (χ4v) is 4.84. The predicted molar refractivity (Wildman–Crippen MR) is 79.0 cm³/mol. The first-order chi connectivity index (χ1) is 8.24. The molecule has 0 aromatic carbocycles. The van der Waals surface area contributed by atoms with Crippen LogP contribution in [0.1, 0.15) is 22.2 Å². The molecule has 17 heavy (non-hydrogen) atoms. The van der Waals surface area contributed by atoms with Crippen molar-refractivity contribution in [2.45, 2.75) is 18.7 Å². The Morgan fingerprint density at radius 1 is 1.59 bits per heavy atom. The van der Waals surface area contributed by atoms with Crippen LogP contribution in [0, 0.1) is 6.92 Å². The number of carbonyl (C=O) groups excluding carboxylic acids is 1. The molecule has 0 radical (unpaired) electrons. The highest BCUT2D eigenvalue weighted by Crippen LogP contribution is 2.42. The lowest BCUT2D eigenvalue weighted by Crippen LogP contribution is -2.29.